The van der Waals surface area contributed by atoms with Crippen LogP contribution in [-0.2, 0) is 6.42 Å². The maximum Gasteiger partial charge on any atom is 0.254 e. The molecule has 0 saturated carbocycles. The van der Waals surface area contributed by atoms with Crippen molar-refractivity contribution in [2.45, 2.75) is 26.3 Å². The summed E-state index contributed by atoms with van der Waals surface area (Å²) in [6.07, 6.45) is 0.860. The van der Waals surface area contributed by atoms with Gasteiger partial charge < -0.3 is 9.88 Å². The molecule has 3 aromatic carbocycles. The van der Waals surface area contributed by atoms with E-state index in [2.05, 4.69) is 60.4 Å². The van der Waals surface area contributed by atoms with Crippen LogP contribution >= 0.6 is 0 Å². The molecule has 0 bridgehead atoms. The number of nitrogens with zero attached hydrogens (tertiary/aromatic N) is 1. The highest BCUT2D eigenvalue weighted by atomic mass is 16.2. The second kappa shape index (κ2) is 6.93. The predicted molar refractivity (Wildman–Crippen MR) is 117 cm³/mol. The topological polar surface area (TPSA) is 36.1 Å². The van der Waals surface area contributed by atoms with Crippen molar-refractivity contribution in [3.8, 4) is 0 Å². The second-order valence-electron chi connectivity index (χ2n) is 7.99. The number of H-pyrrole nitrogens is 1. The summed E-state index contributed by atoms with van der Waals surface area (Å²) in [7, 11) is 0. The van der Waals surface area contributed by atoms with Gasteiger partial charge in [-0.1, -0.05) is 65.7 Å². The van der Waals surface area contributed by atoms with Gasteiger partial charge in [-0.25, -0.2) is 0 Å². The Morgan fingerprint density at radius 2 is 1.55 bits per heavy atom. The number of benzene rings is 3. The lowest BCUT2D eigenvalue weighted by Gasteiger charge is -2.36. The van der Waals surface area contributed by atoms with Crippen LogP contribution < -0.4 is 0 Å². The summed E-state index contributed by atoms with van der Waals surface area (Å²) in [6.45, 7) is 4.84. The minimum Gasteiger partial charge on any atom is -0.356 e. The molecular weight excluding hydrogens is 356 g/mol. The average Bonchev–Trinajstić information content (AvgIpc) is 3.12. The third-order valence-electron chi connectivity index (χ3n) is 5.99. The van der Waals surface area contributed by atoms with Crippen molar-refractivity contribution in [1.82, 2.24) is 9.88 Å². The number of carbonyl (C=O) groups is 1. The first-order valence-corrected chi connectivity index (χ1v) is 10.2. The molecule has 3 nitrogen and oxygen atoms in total. The van der Waals surface area contributed by atoms with Crippen molar-refractivity contribution in [1.29, 1.82) is 0 Å². The minimum absolute atomic E-state index is 0.0832. The van der Waals surface area contributed by atoms with Crippen LogP contribution in [0.25, 0.3) is 10.9 Å². The molecule has 4 aromatic rings. The molecule has 1 N–H and O–H groups in total. The minimum atomic E-state index is -0.111. The SMILES string of the molecule is Cc1ccc(C(=O)N2CCc3c([nH]c4ccccc34)[C@H]2c2ccc(C)cc2)cc1. The van der Waals surface area contributed by atoms with Gasteiger partial charge >= 0.3 is 0 Å². The molecule has 1 aromatic heterocycles. The standard InChI is InChI=1S/C26H24N2O/c1-17-7-11-19(12-8-17)25-24-22(21-5-3-4-6-23(21)27-24)15-16-28(25)26(29)20-13-9-18(2)10-14-20/h3-14,25,27H,15-16H2,1-2H3/t25-/m1/s1. The van der Waals surface area contributed by atoms with E-state index >= 15 is 0 Å². The molecule has 144 valence electrons. The largest absolute Gasteiger partial charge is 0.356 e. The van der Waals surface area contributed by atoms with E-state index in [1.165, 1.54) is 16.5 Å². The molecule has 0 spiro atoms. The van der Waals surface area contributed by atoms with Crippen molar-refractivity contribution < 1.29 is 4.79 Å². The number of rotatable bonds is 2. The van der Waals surface area contributed by atoms with Gasteiger partial charge in [0.05, 0.1) is 6.04 Å². The van der Waals surface area contributed by atoms with Gasteiger partial charge in [-0.3, -0.25) is 4.79 Å². The first-order chi connectivity index (χ1) is 14.1. The maximum atomic E-state index is 13.5. The summed E-state index contributed by atoms with van der Waals surface area (Å²) in [4.78, 5) is 19.2. The molecule has 29 heavy (non-hydrogen) atoms. The zero-order valence-corrected chi connectivity index (χ0v) is 16.8. The van der Waals surface area contributed by atoms with E-state index in [9.17, 15) is 4.79 Å². The molecule has 3 heteroatoms. The summed E-state index contributed by atoms with van der Waals surface area (Å²) in [5.41, 5.74) is 7.88. The van der Waals surface area contributed by atoms with Crippen LogP contribution in [0.15, 0.2) is 72.8 Å². The lowest BCUT2D eigenvalue weighted by molar-refractivity contribution is 0.0692. The summed E-state index contributed by atoms with van der Waals surface area (Å²) >= 11 is 0. The van der Waals surface area contributed by atoms with E-state index in [-0.39, 0.29) is 11.9 Å². The van der Waals surface area contributed by atoms with Crippen LogP contribution in [0.3, 0.4) is 0 Å². The van der Waals surface area contributed by atoms with Crippen molar-refractivity contribution >= 4 is 16.8 Å². The third kappa shape index (κ3) is 3.03. The predicted octanol–water partition coefficient (Wildman–Crippen LogP) is 5.57. The fourth-order valence-corrected chi connectivity index (χ4v) is 4.42. The van der Waals surface area contributed by atoms with Crippen LogP contribution in [0.1, 0.15) is 44.3 Å². The Morgan fingerprint density at radius 1 is 0.897 bits per heavy atom. The molecule has 0 unspecified atom stereocenters. The molecule has 0 aliphatic carbocycles. The van der Waals surface area contributed by atoms with Crippen LogP contribution in [0.2, 0.25) is 0 Å². The van der Waals surface area contributed by atoms with E-state index < -0.39 is 0 Å². The fraction of sp³-hybridized carbons (Fsp3) is 0.192. The lowest BCUT2D eigenvalue weighted by atomic mass is 9.91. The molecule has 1 atom stereocenters. The summed E-state index contributed by atoms with van der Waals surface area (Å²) < 4.78 is 0. The highest BCUT2D eigenvalue weighted by Crippen LogP contribution is 2.39. The molecule has 0 radical (unpaired) electrons. The number of fused-ring (bicyclic) bond motifs is 3. The number of carbonyl (C=O) groups excluding carboxylic acids is 1. The Balaban J connectivity index is 1.65. The van der Waals surface area contributed by atoms with Crippen LogP contribution in [0, 0.1) is 13.8 Å². The van der Waals surface area contributed by atoms with Crippen LogP contribution in [0.4, 0.5) is 0 Å². The van der Waals surface area contributed by atoms with E-state index in [1.807, 2.05) is 36.1 Å². The van der Waals surface area contributed by atoms with Gasteiger partial charge in [0.25, 0.3) is 5.91 Å². The second-order valence-corrected chi connectivity index (χ2v) is 7.99. The molecule has 1 amide bonds. The van der Waals surface area contributed by atoms with Gasteiger partial charge in [0.1, 0.15) is 0 Å². The van der Waals surface area contributed by atoms with Gasteiger partial charge in [0, 0.05) is 28.7 Å². The number of aromatic nitrogens is 1. The summed E-state index contributed by atoms with van der Waals surface area (Å²) in [5.74, 6) is 0.0832. The highest BCUT2D eigenvalue weighted by molar-refractivity contribution is 5.95. The molecule has 5 rings (SSSR count). The first kappa shape index (κ1) is 17.7. The number of hydrogen-bond donors (Lipinski definition) is 1. The molecule has 1 aliphatic rings. The number of aromatic amines is 1. The third-order valence-corrected chi connectivity index (χ3v) is 5.99. The van der Waals surface area contributed by atoms with E-state index in [0.29, 0.717) is 6.54 Å². The van der Waals surface area contributed by atoms with Crippen LogP contribution in [0.5, 0.6) is 0 Å². The summed E-state index contributed by atoms with van der Waals surface area (Å²) in [5, 5.41) is 1.27. The number of nitrogens with one attached hydrogen (secondary N) is 1. The van der Waals surface area contributed by atoms with Gasteiger partial charge in [-0.15, -0.1) is 0 Å². The van der Waals surface area contributed by atoms with Crippen molar-refractivity contribution in [2.75, 3.05) is 6.54 Å². The van der Waals surface area contributed by atoms with Gasteiger partial charge in [0.15, 0.2) is 0 Å². The fourth-order valence-electron chi connectivity index (χ4n) is 4.42. The van der Waals surface area contributed by atoms with Crippen molar-refractivity contribution in [3.63, 3.8) is 0 Å². The van der Waals surface area contributed by atoms with Gasteiger partial charge in [-0.2, -0.15) is 0 Å². The summed E-state index contributed by atoms with van der Waals surface area (Å²) in [6, 6.07) is 24.8. The van der Waals surface area contributed by atoms with Gasteiger partial charge in [0.2, 0.25) is 0 Å². The zero-order chi connectivity index (χ0) is 20.0. The van der Waals surface area contributed by atoms with Crippen LogP contribution in [-0.4, -0.2) is 22.3 Å². The molecule has 0 saturated heterocycles. The molecular formula is C26H24N2O. The van der Waals surface area contributed by atoms with Gasteiger partial charge in [-0.05, 0) is 49.6 Å². The number of amides is 1. The van der Waals surface area contributed by atoms with Crippen molar-refractivity contribution in [2.24, 2.45) is 0 Å². The van der Waals surface area contributed by atoms with Crippen molar-refractivity contribution in [3.05, 3.63) is 106 Å². The van der Waals surface area contributed by atoms with E-state index in [0.717, 1.165) is 34.3 Å². The zero-order valence-electron chi connectivity index (χ0n) is 16.8. The number of hydrogen-bond acceptors (Lipinski definition) is 1. The Kier molecular flexibility index (Phi) is 4.24. The lowest BCUT2D eigenvalue weighted by Crippen LogP contribution is -2.40. The highest BCUT2D eigenvalue weighted by Gasteiger charge is 2.34. The van der Waals surface area contributed by atoms with E-state index in [1.54, 1.807) is 0 Å². The molecule has 2 heterocycles. The quantitative estimate of drug-likeness (QED) is 0.485. The smallest absolute Gasteiger partial charge is 0.254 e. The Bertz CT molecular complexity index is 1190. The number of para-hydroxylation sites is 1. The molecule has 0 fully saturated rings. The molecule has 1 aliphatic heterocycles. The number of aryl methyl sites for hydroxylation is 2. The Morgan fingerprint density at radius 3 is 2.28 bits per heavy atom. The maximum absolute atomic E-state index is 13.5. The first-order valence-electron chi connectivity index (χ1n) is 10.2. The Labute approximate surface area is 171 Å². The average molecular weight is 380 g/mol. The van der Waals surface area contributed by atoms with E-state index in [4.69, 9.17) is 0 Å². The normalized spacial score (nSPS) is 16.1. The monoisotopic (exact) mass is 380 g/mol. The Hall–Kier alpha value is -3.33.